The first-order valence-corrected chi connectivity index (χ1v) is 12.9. The molecule has 0 aromatic carbocycles. The number of aldehydes is 1. The summed E-state index contributed by atoms with van der Waals surface area (Å²) in [5.41, 5.74) is -0.989. The van der Waals surface area contributed by atoms with Crippen molar-refractivity contribution < 1.29 is 18.8 Å². The number of ketones is 1. The molecule has 154 valence electrons. The van der Waals surface area contributed by atoms with Crippen molar-refractivity contribution in [3.63, 3.8) is 0 Å². The number of hydrogen-bond acceptors (Lipinski definition) is 4. The van der Waals surface area contributed by atoms with Gasteiger partial charge in [0.15, 0.2) is 14.1 Å². The van der Waals surface area contributed by atoms with Gasteiger partial charge in [-0.25, -0.2) is 0 Å². The van der Waals surface area contributed by atoms with Crippen LogP contribution in [-0.4, -0.2) is 39.7 Å². The second-order valence-electron chi connectivity index (χ2n) is 9.74. The third-order valence-corrected chi connectivity index (χ3v) is 10.1. The number of unbranched alkanes of at least 4 members (excludes halogenated alkanes) is 1. The summed E-state index contributed by atoms with van der Waals surface area (Å²) in [5, 5.41) is 0.0526. The quantitative estimate of drug-likeness (QED) is 0.199. The minimum absolute atomic E-state index is 0.0526. The summed E-state index contributed by atoms with van der Waals surface area (Å²) >= 11 is 0. The Balaban J connectivity index is 5.46. The standard InChI is InChI=1S/C21H42O4Si/c1-11-12-13-24-14-16(2)18(25-26(9,10)20(4,5)6)17(3)19(23)21(7,8)15-22/h15-18H,11-14H2,1-10H3/t16-,17?,18?/m0/s1. The fourth-order valence-corrected chi connectivity index (χ4v) is 4.10. The number of Topliss-reactive ketones (excluding diaryl/α,β-unsaturated/α-hetero) is 1. The molecule has 0 rings (SSSR count). The first-order valence-electron chi connectivity index (χ1n) is 9.97. The largest absolute Gasteiger partial charge is 0.413 e. The summed E-state index contributed by atoms with van der Waals surface area (Å²) < 4.78 is 12.5. The average molecular weight is 387 g/mol. The molecular weight excluding hydrogens is 344 g/mol. The molecule has 4 nitrogen and oxygen atoms in total. The van der Waals surface area contributed by atoms with Crippen LogP contribution in [0.5, 0.6) is 0 Å². The summed E-state index contributed by atoms with van der Waals surface area (Å²) in [6, 6.07) is 0. The van der Waals surface area contributed by atoms with E-state index in [0.717, 1.165) is 25.7 Å². The summed E-state index contributed by atoms with van der Waals surface area (Å²) in [6.45, 7) is 21.8. The normalized spacial score (nSPS) is 16.8. The fraction of sp³-hybridized carbons (Fsp3) is 0.905. The van der Waals surface area contributed by atoms with E-state index in [1.54, 1.807) is 13.8 Å². The van der Waals surface area contributed by atoms with Crippen LogP contribution in [0.15, 0.2) is 0 Å². The monoisotopic (exact) mass is 386 g/mol. The maximum atomic E-state index is 12.9. The highest BCUT2D eigenvalue weighted by atomic mass is 28.4. The van der Waals surface area contributed by atoms with E-state index in [4.69, 9.17) is 9.16 Å². The zero-order valence-electron chi connectivity index (χ0n) is 18.8. The van der Waals surface area contributed by atoms with E-state index in [1.165, 1.54) is 0 Å². The van der Waals surface area contributed by atoms with Crippen LogP contribution >= 0.6 is 0 Å². The zero-order valence-corrected chi connectivity index (χ0v) is 19.8. The van der Waals surface area contributed by atoms with Gasteiger partial charge in [0, 0.05) is 18.4 Å². The molecule has 0 saturated carbocycles. The summed E-state index contributed by atoms with van der Waals surface area (Å²) in [5.74, 6) is -0.326. The Kier molecular flexibility index (Phi) is 9.94. The molecule has 0 N–H and O–H groups in total. The molecule has 2 unspecified atom stereocenters. The molecule has 0 bridgehead atoms. The smallest absolute Gasteiger partial charge is 0.192 e. The second kappa shape index (κ2) is 10.1. The van der Waals surface area contributed by atoms with Gasteiger partial charge < -0.3 is 14.0 Å². The van der Waals surface area contributed by atoms with Crippen LogP contribution in [0.1, 0.15) is 68.2 Å². The number of rotatable bonds is 12. The van der Waals surface area contributed by atoms with Crippen molar-refractivity contribution in [1.82, 2.24) is 0 Å². The fourth-order valence-electron chi connectivity index (χ4n) is 2.63. The lowest BCUT2D eigenvalue weighted by atomic mass is 9.78. The van der Waals surface area contributed by atoms with Gasteiger partial charge in [-0.3, -0.25) is 4.79 Å². The molecule has 0 aliphatic heterocycles. The summed E-state index contributed by atoms with van der Waals surface area (Å²) in [6.07, 6.45) is 2.63. The van der Waals surface area contributed by atoms with Gasteiger partial charge in [0.2, 0.25) is 0 Å². The molecule has 3 atom stereocenters. The Morgan fingerprint density at radius 3 is 2.08 bits per heavy atom. The lowest BCUT2D eigenvalue weighted by Gasteiger charge is -2.43. The Hall–Kier alpha value is -0.523. The van der Waals surface area contributed by atoms with Crippen molar-refractivity contribution in [3.8, 4) is 0 Å². The van der Waals surface area contributed by atoms with Gasteiger partial charge in [-0.15, -0.1) is 0 Å². The second-order valence-corrected chi connectivity index (χ2v) is 14.5. The van der Waals surface area contributed by atoms with Crippen molar-refractivity contribution in [1.29, 1.82) is 0 Å². The predicted molar refractivity (Wildman–Crippen MR) is 111 cm³/mol. The highest BCUT2D eigenvalue weighted by molar-refractivity contribution is 6.74. The highest BCUT2D eigenvalue weighted by Gasteiger charge is 2.44. The van der Waals surface area contributed by atoms with Crippen LogP contribution in [0.2, 0.25) is 18.1 Å². The third-order valence-electron chi connectivity index (χ3n) is 5.66. The summed E-state index contributed by atoms with van der Waals surface area (Å²) in [7, 11) is -2.06. The maximum absolute atomic E-state index is 12.9. The highest BCUT2D eigenvalue weighted by Crippen LogP contribution is 2.40. The van der Waals surface area contributed by atoms with Crippen molar-refractivity contribution in [2.45, 2.75) is 92.5 Å². The van der Waals surface area contributed by atoms with Crippen LogP contribution in [0.3, 0.4) is 0 Å². The van der Waals surface area contributed by atoms with E-state index in [-0.39, 0.29) is 28.8 Å². The van der Waals surface area contributed by atoms with Gasteiger partial charge in [0.1, 0.15) is 6.29 Å². The lowest BCUT2D eigenvalue weighted by Crippen LogP contribution is -2.50. The van der Waals surface area contributed by atoms with Gasteiger partial charge >= 0.3 is 0 Å². The molecule has 0 heterocycles. The maximum Gasteiger partial charge on any atom is 0.192 e. The first kappa shape index (κ1) is 25.5. The zero-order chi connectivity index (χ0) is 20.8. The van der Waals surface area contributed by atoms with Crippen LogP contribution in [0.4, 0.5) is 0 Å². The summed E-state index contributed by atoms with van der Waals surface area (Å²) in [4.78, 5) is 24.3. The number of carbonyl (C=O) groups is 2. The minimum Gasteiger partial charge on any atom is -0.413 e. The van der Waals surface area contributed by atoms with E-state index >= 15 is 0 Å². The Morgan fingerprint density at radius 1 is 1.12 bits per heavy atom. The van der Waals surface area contributed by atoms with Crippen molar-refractivity contribution in [2.24, 2.45) is 17.3 Å². The molecule has 26 heavy (non-hydrogen) atoms. The molecule has 0 aliphatic rings. The van der Waals surface area contributed by atoms with Crippen molar-refractivity contribution in [2.75, 3.05) is 13.2 Å². The van der Waals surface area contributed by atoms with Gasteiger partial charge in [0.25, 0.3) is 0 Å². The Morgan fingerprint density at radius 2 is 1.65 bits per heavy atom. The van der Waals surface area contributed by atoms with Crippen LogP contribution in [-0.2, 0) is 18.8 Å². The molecule has 0 fully saturated rings. The Labute approximate surface area is 162 Å². The molecule has 0 spiro atoms. The topological polar surface area (TPSA) is 52.6 Å². The molecular formula is C21H42O4Si. The first-order chi connectivity index (χ1) is 11.7. The molecule has 5 heteroatoms. The van der Waals surface area contributed by atoms with Crippen LogP contribution in [0.25, 0.3) is 0 Å². The molecule has 0 saturated heterocycles. The number of hydrogen-bond donors (Lipinski definition) is 0. The van der Waals surface area contributed by atoms with Crippen molar-refractivity contribution >= 4 is 20.4 Å². The number of carbonyl (C=O) groups excluding carboxylic acids is 2. The van der Waals surface area contributed by atoms with Gasteiger partial charge in [-0.2, -0.15) is 0 Å². The van der Waals surface area contributed by atoms with E-state index in [9.17, 15) is 9.59 Å². The Bertz CT molecular complexity index is 451. The predicted octanol–water partition coefficient (Wildman–Crippen LogP) is 5.26. The average Bonchev–Trinajstić information content (AvgIpc) is 2.53. The van der Waals surface area contributed by atoms with Gasteiger partial charge in [0.05, 0.1) is 18.1 Å². The molecule has 0 aromatic rings. The molecule has 0 aliphatic carbocycles. The van der Waals surface area contributed by atoms with E-state index < -0.39 is 13.7 Å². The van der Waals surface area contributed by atoms with Crippen LogP contribution < -0.4 is 0 Å². The van der Waals surface area contributed by atoms with E-state index in [1.807, 2.05) is 6.92 Å². The lowest BCUT2D eigenvalue weighted by molar-refractivity contribution is -0.139. The number of ether oxygens (including phenoxy) is 1. The minimum atomic E-state index is -2.06. The van der Waals surface area contributed by atoms with E-state index in [0.29, 0.717) is 6.61 Å². The van der Waals surface area contributed by atoms with Crippen LogP contribution in [0, 0.1) is 17.3 Å². The van der Waals surface area contributed by atoms with E-state index in [2.05, 4.69) is 47.7 Å². The molecule has 0 radical (unpaired) electrons. The molecule has 0 aromatic heterocycles. The third kappa shape index (κ3) is 7.24. The molecule has 0 amide bonds. The van der Waals surface area contributed by atoms with Gasteiger partial charge in [-0.05, 0) is 38.4 Å². The van der Waals surface area contributed by atoms with Crippen molar-refractivity contribution in [3.05, 3.63) is 0 Å². The van der Waals surface area contributed by atoms with Gasteiger partial charge in [-0.1, -0.05) is 48.0 Å². The SMILES string of the molecule is CCCCOC[C@H](C)C(O[Si](C)(C)C(C)(C)C)C(C)C(=O)C(C)(C)C=O.